The maximum absolute atomic E-state index is 11.4. The Bertz CT molecular complexity index is 2890. The molecule has 0 fully saturated rings. The highest BCUT2D eigenvalue weighted by Gasteiger charge is 2.16. The van der Waals surface area contributed by atoms with Crippen LogP contribution in [-0.4, -0.2) is 22.2 Å². The van der Waals surface area contributed by atoms with Crippen molar-refractivity contribution in [3.8, 4) is 23.3 Å². The number of carboxylic acids is 2. The van der Waals surface area contributed by atoms with Crippen LogP contribution >= 0.6 is 0 Å². The third kappa shape index (κ3) is 9.38. The molecule has 0 aliphatic heterocycles. The monoisotopic (exact) mass is 830 g/mol. The third-order valence-electron chi connectivity index (χ3n) is 10.7. The number of nitriles is 2. The first-order valence-electron chi connectivity index (χ1n) is 20.3. The Hall–Kier alpha value is -9.24. The van der Waals surface area contributed by atoms with Crippen molar-refractivity contribution in [2.75, 3.05) is 9.80 Å². The van der Waals surface area contributed by atoms with Gasteiger partial charge in [-0.05, 0) is 143 Å². The number of para-hydroxylation sites is 2. The standard InChI is InChI=1S/C56H38N4O4/c57-37-47(43-15-19-45(20-16-43)55(61)62)35-39-11-27-51(28-12-39)60(52-29-13-40(14-30-52)36-48(38-58)44-17-21-46(22-18-44)56(63)64)54-33-25-42(26-34-54)41-23-31-53(32-24-41)59(49-7-3-1-4-8-49)50-9-5-2-6-10-50/h1-36H,(H,61,62)(H,63,64)/b47-35+,48-36+. The minimum Gasteiger partial charge on any atom is -0.478 e. The summed E-state index contributed by atoms with van der Waals surface area (Å²) in [5, 5.41) is 38.6. The third-order valence-corrected chi connectivity index (χ3v) is 10.7. The molecule has 0 spiro atoms. The number of nitrogens with zero attached hydrogens (tertiary/aromatic N) is 4. The van der Waals surface area contributed by atoms with Crippen LogP contribution in [0.1, 0.15) is 43.0 Å². The van der Waals surface area contributed by atoms with Gasteiger partial charge in [-0.1, -0.05) is 109 Å². The topological polar surface area (TPSA) is 129 Å². The Morgan fingerprint density at radius 2 is 0.625 bits per heavy atom. The number of aromatic carboxylic acids is 2. The molecular formula is C56H38N4O4. The molecule has 0 saturated heterocycles. The van der Waals surface area contributed by atoms with Gasteiger partial charge in [-0.15, -0.1) is 0 Å². The van der Waals surface area contributed by atoms with Crippen LogP contribution in [0.25, 0.3) is 34.4 Å². The van der Waals surface area contributed by atoms with Crippen LogP contribution in [0, 0.1) is 22.7 Å². The van der Waals surface area contributed by atoms with Gasteiger partial charge in [0.15, 0.2) is 0 Å². The molecule has 306 valence electrons. The number of carbonyl (C=O) groups is 2. The van der Waals surface area contributed by atoms with Gasteiger partial charge in [-0.25, -0.2) is 9.59 Å². The Kier molecular flexibility index (Phi) is 12.3. The zero-order chi connectivity index (χ0) is 44.4. The Morgan fingerprint density at radius 3 is 0.906 bits per heavy atom. The SMILES string of the molecule is N#C/C(=C\c1ccc(N(c2ccc(/C=C(\C#N)c3ccc(C(=O)O)cc3)cc2)c2ccc(-c3ccc(N(c4ccccc4)c4ccccc4)cc3)cc2)cc1)c1ccc(C(=O)O)cc1. The summed E-state index contributed by atoms with van der Waals surface area (Å²) < 4.78 is 0. The second kappa shape index (κ2) is 19.0. The number of benzene rings is 8. The maximum atomic E-state index is 11.4. The highest BCUT2D eigenvalue weighted by atomic mass is 16.4. The van der Waals surface area contributed by atoms with Crippen LogP contribution < -0.4 is 9.80 Å². The number of carboxylic acid groups (broad SMARTS) is 2. The zero-order valence-corrected chi connectivity index (χ0v) is 34.3. The van der Waals surface area contributed by atoms with Gasteiger partial charge in [0.25, 0.3) is 0 Å². The van der Waals surface area contributed by atoms with E-state index in [0.717, 1.165) is 56.4 Å². The largest absolute Gasteiger partial charge is 0.478 e. The van der Waals surface area contributed by atoms with Gasteiger partial charge in [-0.2, -0.15) is 10.5 Å². The van der Waals surface area contributed by atoms with Crippen molar-refractivity contribution in [1.82, 2.24) is 0 Å². The number of allylic oxidation sites excluding steroid dienone is 2. The quantitative estimate of drug-likeness (QED) is 0.0868. The van der Waals surface area contributed by atoms with E-state index in [1.54, 1.807) is 36.4 Å². The van der Waals surface area contributed by atoms with Crippen LogP contribution in [0.2, 0.25) is 0 Å². The lowest BCUT2D eigenvalue weighted by Gasteiger charge is -2.26. The first-order chi connectivity index (χ1) is 31.3. The molecule has 0 unspecified atom stereocenters. The predicted octanol–water partition coefficient (Wildman–Crippen LogP) is 13.8. The van der Waals surface area contributed by atoms with E-state index in [9.17, 15) is 30.3 Å². The average molecular weight is 831 g/mol. The van der Waals surface area contributed by atoms with E-state index in [4.69, 9.17) is 0 Å². The van der Waals surface area contributed by atoms with Crippen molar-refractivity contribution in [2.24, 2.45) is 0 Å². The van der Waals surface area contributed by atoms with Crippen LogP contribution in [0.3, 0.4) is 0 Å². The molecule has 8 nitrogen and oxygen atoms in total. The molecular weight excluding hydrogens is 793 g/mol. The Balaban J connectivity index is 1.11. The minimum absolute atomic E-state index is 0.146. The summed E-state index contributed by atoms with van der Waals surface area (Å²) in [7, 11) is 0. The summed E-state index contributed by atoms with van der Waals surface area (Å²) in [6.45, 7) is 0. The van der Waals surface area contributed by atoms with Crippen LogP contribution in [0.5, 0.6) is 0 Å². The first kappa shape index (κ1) is 41.5. The van der Waals surface area contributed by atoms with E-state index in [-0.39, 0.29) is 11.1 Å². The fourth-order valence-corrected chi connectivity index (χ4v) is 7.37. The van der Waals surface area contributed by atoms with Crippen LogP contribution in [-0.2, 0) is 0 Å². The van der Waals surface area contributed by atoms with Crippen molar-refractivity contribution in [3.63, 3.8) is 0 Å². The molecule has 8 rings (SSSR count). The number of hydrogen-bond acceptors (Lipinski definition) is 6. The molecule has 0 aliphatic carbocycles. The van der Waals surface area contributed by atoms with E-state index in [2.05, 4.69) is 94.7 Å². The second-order valence-corrected chi connectivity index (χ2v) is 14.7. The molecule has 0 aromatic heterocycles. The normalized spacial score (nSPS) is 11.2. The fourth-order valence-electron chi connectivity index (χ4n) is 7.37. The van der Waals surface area contributed by atoms with Crippen molar-refractivity contribution in [2.45, 2.75) is 0 Å². The summed E-state index contributed by atoms with van der Waals surface area (Å²) in [6, 6.07) is 70.0. The average Bonchev–Trinajstić information content (AvgIpc) is 3.35. The highest BCUT2D eigenvalue weighted by Crippen LogP contribution is 2.38. The minimum atomic E-state index is -1.03. The van der Waals surface area contributed by atoms with E-state index in [1.807, 2.05) is 84.9 Å². The Labute approximate surface area is 371 Å². The summed E-state index contributed by atoms with van der Waals surface area (Å²) in [5.74, 6) is -2.06. The second-order valence-electron chi connectivity index (χ2n) is 14.7. The van der Waals surface area contributed by atoms with Crippen molar-refractivity contribution >= 4 is 69.4 Å². The molecule has 0 bridgehead atoms. The van der Waals surface area contributed by atoms with Crippen molar-refractivity contribution in [3.05, 3.63) is 240 Å². The molecule has 8 heteroatoms. The molecule has 0 heterocycles. The number of rotatable bonds is 13. The lowest BCUT2D eigenvalue weighted by Crippen LogP contribution is -2.10. The molecule has 0 atom stereocenters. The zero-order valence-electron chi connectivity index (χ0n) is 34.3. The molecule has 2 N–H and O–H groups in total. The maximum Gasteiger partial charge on any atom is 0.335 e. The summed E-state index contributed by atoms with van der Waals surface area (Å²) in [6.07, 6.45) is 3.54. The number of anilines is 6. The summed E-state index contributed by atoms with van der Waals surface area (Å²) in [4.78, 5) is 27.1. The van der Waals surface area contributed by atoms with Crippen molar-refractivity contribution < 1.29 is 19.8 Å². The van der Waals surface area contributed by atoms with Crippen LogP contribution in [0.4, 0.5) is 34.1 Å². The smallest absolute Gasteiger partial charge is 0.335 e. The fraction of sp³-hybridized carbons (Fsp3) is 0. The molecule has 0 amide bonds. The molecule has 0 radical (unpaired) electrons. The Morgan fingerprint density at radius 1 is 0.359 bits per heavy atom. The molecule has 0 aliphatic rings. The van der Waals surface area contributed by atoms with Crippen molar-refractivity contribution in [1.29, 1.82) is 10.5 Å². The highest BCUT2D eigenvalue weighted by molar-refractivity contribution is 5.94. The summed E-state index contributed by atoms with van der Waals surface area (Å²) >= 11 is 0. The van der Waals surface area contributed by atoms with E-state index in [0.29, 0.717) is 22.3 Å². The van der Waals surface area contributed by atoms with Gasteiger partial charge in [0.1, 0.15) is 0 Å². The van der Waals surface area contributed by atoms with Gasteiger partial charge >= 0.3 is 11.9 Å². The van der Waals surface area contributed by atoms with Gasteiger partial charge in [-0.3, -0.25) is 0 Å². The van der Waals surface area contributed by atoms with E-state index < -0.39 is 11.9 Å². The lowest BCUT2D eigenvalue weighted by atomic mass is 10.0. The molecule has 0 saturated carbocycles. The van der Waals surface area contributed by atoms with Gasteiger partial charge in [0, 0.05) is 34.1 Å². The summed E-state index contributed by atoms with van der Waals surface area (Å²) in [5.41, 5.74) is 11.8. The van der Waals surface area contributed by atoms with E-state index in [1.165, 1.54) is 24.3 Å². The lowest BCUT2D eigenvalue weighted by molar-refractivity contribution is 0.0686. The molecule has 8 aromatic rings. The van der Waals surface area contributed by atoms with Gasteiger partial charge in [0.2, 0.25) is 0 Å². The first-order valence-corrected chi connectivity index (χ1v) is 20.3. The molecule has 8 aromatic carbocycles. The number of hydrogen-bond donors (Lipinski definition) is 2. The van der Waals surface area contributed by atoms with E-state index >= 15 is 0 Å². The molecule has 64 heavy (non-hydrogen) atoms. The predicted molar refractivity (Wildman–Crippen MR) is 255 cm³/mol. The van der Waals surface area contributed by atoms with Gasteiger partial charge < -0.3 is 20.0 Å². The van der Waals surface area contributed by atoms with Gasteiger partial charge in [0.05, 0.1) is 34.4 Å². The van der Waals surface area contributed by atoms with Crippen LogP contribution in [0.15, 0.2) is 206 Å².